The van der Waals surface area contributed by atoms with E-state index in [1.807, 2.05) is 0 Å². The average Bonchev–Trinajstić information content (AvgIpc) is 2.70. The number of hydrogen-bond acceptors (Lipinski definition) is 8. The first-order valence-electron chi connectivity index (χ1n) is 8.31. The van der Waals surface area contributed by atoms with Crippen molar-refractivity contribution in [3.8, 4) is 23.0 Å². The maximum atomic E-state index is 12.5. The van der Waals surface area contributed by atoms with Crippen LogP contribution in [0.15, 0.2) is 36.4 Å². The van der Waals surface area contributed by atoms with Crippen molar-refractivity contribution in [2.75, 3.05) is 34.9 Å². The number of phenols is 1. The van der Waals surface area contributed by atoms with Gasteiger partial charge >= 0.3 is 0 Å². The second-order valence-corrected chi connectivity index (χ2v) is 5.67. The summed E-state index contributed by atoms with van der Waals surface area (Å²) in [5.41, 5.74) is 0.319. The van der Waals surface area contributed by atoms with Gasteiger partial charge in [0.25, 0.3) is 0 Å². The summed E-state index contributed by atoms with van der Waals surface area (Å²) < 4.78 is 25.3. The standard InChI is InChI=1S/C20H22O8/c1-24-11-27-14-5-6-15(17(22)9-14)18(23)10-16(21)13-4-7-19(28-12-25-2)20(8-13)26-3/h4-9,22H,10-12H2,1-3H3. The Balaban J connectivity index is 2.10. The van der Waals surface area contributed by atoms with Gasteiger partial charge in [-0.05, 0) is 30.3 Å². The number of ether oxygens (including phenoxy) is 5. The van der Waals surface area contributed by atoms with Crippen LogP contribution in [0, 0.1) is 0 Å². The van der Waals surface area contributed by atoms with E-state index in [1.54, 1.807) is 6.07 Å². The number of benzene rings is 2. The van der Waals surface area contributed by atoms with E-state index < -0.39 is 18.0 Å². The van der Waals surface area contributed by atoms with Crippen LogP contribution in [0.4, 0.5) is 0 Å². The number of rotatable bonds is 11. The largest absolute Gasteiger partial charge is 0.507 e. The van der Waals surface area contributed by atoms with Crippen LogP contribution in [0.3, 0.4) is 0 Å². The Morgan fingerprint density at radius 1 is 0.857 bits per heavy atom. The summed E-state index contributed by atoms with van der Waals surface area (Å²) in [6.07, 6.45) is -0.409. The highest BCUT2D eigenvalue weighted by Crippen LogP contribution is 2.29. The van der Waals surface area contributed by atoms with Gasteiger partial charge in [0, 0.05) is 25.8 Å². The predicted octanol–water partition coefficient (Wildman–Crippen LogP) is 2.82. The van der Waals surface area contributed by atoms with Gasteiger partial charge in [0.1, 0.15) is 11.5 Å². The minimum atomic E-state index is -0.514. The maximum absolute atomic E-state index is 12.5. The molecule has 0 aliphatic rings. The minimum Gasteiger partial charge on any atom is -0.507 e. The van der Waals surface area contributed by atoms with Crippen LogP contribution in [0.5, 0.6) is 23.0 Å². The van der Waals surface area contributed by atoms with Crippen LogP contribution < -0.4 is 14.2 Å². The summed E-state index contributed by atoms with van der Waals surface area (Å²) in [5.74, 6) is -0.0968. The number of carbonyl (C=O) groups excluding carboxylic acids is 2. The van der Waals surface area contributed by atoms with E-state index in [1.165, 1.54) is 51.7 Å². The summed E-state index contributed by atoms with van der Waals surface area (Å²) >= 11 is 0. The molecule has 2 aromatic carbocycles. The Hall–Kier alpha value is -3.10. The molecule has 0 aliphatic carbocycles. The van der Waals surface area contributed by atoms with Gasteiger partial charge in [0.05, 0.1) is 19.1 Å². The second-order valence-electron chi connectivity index (χ2n) is 5.67. The third-order valence-electron chi connectivity index (χ3n) is 3.75. The van der Waals surface area contributed by atoms with Gasteiger partial charge in [-0.2, -0.15) is 0 Å². The number of phenolic OH excluding ortho intramolecular Hbond substituents is 1. The summed E-state index contributed by atoms with van der Waals surface area (Å²) in [5, 5.41) is 10.0. The first-order chi connectivity index (χ1) is 13.5. The van der Waals surface area contributed by atoms with Gasteiger partial charge in [-0.3, -0.25) is 9.59 Å². The van der Waals surface area contributed by atoms with Crippen molar-refractivity contribution in [1.29, 1.82) is 0 Å². The molecule has 0 saturated carbocycles. The van der Waals surface area contributed by atoms with E-state index in [4.69, 9.17) is 23.7 Å². The number of carbonyl (C=O) groups is 2. The molecule has 0 atom stereocenters. The highest BCUT2D eigenvalue weighted by molar-refractivity contribution is 6.14. The summed E-state index contributed by atoms with van der Waals surface area (Å²) in [6, 6.07) is 8.79. The molecule has 0 radical (unpaired) electrons. The summed E-state index contributed by atoms with van der Waals surface area (Å²) in [6.45, 7) is 0.0443. The van der Waals surface area contributed by atoms with Gasteiger partial charge < -0.3 is 28.8 Å². The molecule has 1 N–H and O–H groups in total. The highest BCUT2D eigenvalue weighted by Gasteiger charge is 2.19. The molecule has 0 aliphatic heterocycles. The zero-order valence-corrected chi connectivity index (χ0v) is 15.9. The van der Waals surface area contributed by atoms with Gasteiger partial charge in [-0.15, -0.1) is 0 Å². The lowest BCUT2D eigenvalue weighted by molar-refractivity contribution is 0.0491. The topological polar surface area (TPSA) is 101 Å². The average molecular weight is 390 g/mol. The highest BCUT2D eigenvalue weighted by atomic mass is 16.7. The Morgan fingerprint density at radius 2 is 1.57 bits per heavy atom. The molecule has 150 valence electrons. The van der Waals surface area contributed by atoms with Gasteiger partial charge in [0.15, 0.2) is 36.7 Å². The number of hydrogen-bond donors (Lipinski definition) is 1. The third kappa shape index (κ3) is 5.45. The van der Waals surface area contributed by atoms with Crippen LogP contribution in [-0.4, -0.2) is 51.6 Å². The Bertz CT molecular complexity index is 831. The van der Waals surface area contributed by atoms with Crippen molar-refractivity contribution in [3.63, 3.8) is 0 Å². The first kappa shape index (κ1) is 21.2. The van der Waals surface area contributed by atoms with Crippen LogP contribution in [-0.2, 0) is 9.47 Å². The molecule has 0 spiro atoms. The number of Topliss-reactive ketones (excluding diaryl/α,β-unsaturated/α-hetero) is 2. The van der Waals surface area contributed by atoms with Crippen molar-refractivity contribution < 1.29 is 38.4 Å². The predicted molar refractivity (Wildman–Crippen MR) is 99.4 cm³/mol. The van der Waals surface area contributed by atoms with Crippen molar-refractivity contribution in [2.24, 2.45) is 0 Å². The third-order valence-corrected chi connectivity index (χ3v) is 3.75. The molecule has 8 heteroatoms. The lowest BCUT2D eigenvalue weighted by Gasteiger charge is -2.11. The van der Waals surface area contributed by atoms with Crippen LogP contribution >= 0.6 is 0 Å². The number of aromatic hydroxyl groups is 1. The quantitative estimate of drug-likeness (QED) is 0.355. The summed E-state index contributed by atoms with van der Waals surface area (Å²) in [4.78, 5) is 24.9. The van der Waals surface area contributed by atoms with E-state index in [-0.39, 0.29) is 30.5 Å². The van der Waals surface area contributed by atoms with Gasteiger partial charge in [-0.1, -0.05) is 0 Å². The molecule has 0 saturated heterocycles. The monoisotopic (exact) mass is 390 g/mol. The number of methoxy groups -OCH3 is 3. The second kappa shape index (κ2) is 10.3. The Labute approximate surface area is 162 Å². The molecule has 0 unspecified atom stereocenters. The van der Waals surface area contributed by atoms with Gasteiger partial charge in [0.2, 0.25) is 0 Å². The smallest absolute Gasteiger partial charge is 0.188 e. The van der Waals surface area contributed by atoms with E-state index in [0.29, 0.717) is 17.2 Å². The van der Waals surface area contributed by atoms with Crippen molar-refractivity contribution in [2.45, 2.75) is 6.42 Å². The van der Waals surface area contributed by atoms with Crippen molar-refractivity contribution in [3.05, 3.63) is 47.5 Å². The normalized spacial score (nSPS) is 10.4. The molecule has 0 aromatic heterocycles. The molecule has 0 amide bonds. The molecule has 2 aromatic rings. The lowest BCUT2D eigenvalue weighted by atomic mass is 10.0. The zero-order chi connectivity index (χ0) is 20.5. The molecule has 28 heavy (non-hydrogen) atoms. The van der Waals surface area contributed by atoms with Crippen LogP contribution in [0.25, 0.3) is 0 Å². The minimum absolute atomic E-state index is 0.0111. The van der Waals surface area contributed by atoms with Crippen molar-refractivity contribution in [1.82, 2.24) is 0 Å². The fourth-order valence-electron chi connectivity index (χ4n) is 2.39. The van der Waals surface area contributed by atoms with Gasteiger partial charge in [-0.25, -0.2) is 0 Å². The SMILES string of the molecule is COCOc1ccc(C(=O)CC(=O)c2ccc(OCOC)c(OC)c2)c(O)c1. The molecular weight excluding hydrogens is 368 g/mol. The maximum Gasteiger partial charge on any atom is 0.188 e. The molecule has 0 heterocycles. The fourth-order valence-corrected chi connectivity index (χ4v) is 2.39. The molecule has 2 rings (SSSR count). The Morgan fingerprint density at radius 3 is 2.21 bits per heavy atom. The van der Waals surface area contributed by atoms with Crippen molar-refractivity contribution >= 4 is 11.6 Å². The zero-order valence-electron chi connectivity index (χ0n) is 15.9. The van der Waals surface area contributed by atoms with E-state index in [9.17, 15) is 14.7 Å². The number of ketones is 2. The van der Waals surface area contributed by atoms with Crippen LogP contribution in [0.1, 0.15) is 27.1 Å². The fraction of sp³-hybridized carbons (Fsp3) is 0.300. The molecular formula is C20H22O8. The first-order valence-corrected chi connectivity index (χ1v) is 8.31. The molecule has 0 fully saturated rings. The van der Waals surface area contributed by atoms with E-state index in [2.05, 4.69) is 0 Å². The van der Waals surface area contributed by atoms with E-state index >= 15 is 0 Å². The van der Waals surface area contributed by atoms with E-state index in [0.717, 1.165) is 0 Å². The molecule has 8 nitrogen and oxygen atoms in total. The Kier molecular flexibility index (Phi) is 7.79. The summed E-state index contributed by atoms with van der Waals surface area (Å²) in [7, 11) is 4.40. The van der Waals surface area contributed by atoms with Crippen LogP contribution in [0.2, 0.25) is 0 Å². The molecule has 0 bridgehead atoms. The lowest BCUT2D eigenvalue weighted by Crippen LogP contribution is -2.10.